The molecule has 0 unspecified atom stereocenters. The summed E-state index contributed by atoms with van der Waals surface area (Å²) < 4.78 is 6.50. The Morgan fingerprint density at radius 1 is 0.518 bits per heavy atom. The molecule has 7 aromatic carbocycles. The Labute approximate surface area is 329 Å². The molecule has 2 heteroatoms. The van der Waals surface area contributed by atoms with E-state index in [9.17, 15) is 0 Å². The van der Waals surface area contributed by atoms with E-state index in [1.165, 1.54) is 61.4 Å². The summed E-state index contributed by atoms with van der Waals surface area (Å²) in [7, 11) is 0. The Morgan fingerprint density at radius 3 is 1.77 bits per heavy atom. The molecule has 2 nitrogen and oxygen atoms in total. The van der Waals surface area contributed by atoms with Crippen LogP contribution in [0.5, 0.6) is 0 Å². The SMILES string of the molecule is CC1=C(/C=C(\C)N(c2ccc3c(c2)oc2ccccc23)c2ccccc2-c2ccccc2)C2(CCC3(CC2)c2ccccc2-c2ccccc23)c2ccccc21. The fraction of sp³-hybridized carbons (Fsp3) is 0.148. The molecule has 56 heavy (non-hydrogen) atoms. The standard InChI is InChI=1S/C54H43NO/c1-36(55(50-26-14-9-19-41(50)38-16-4-3-5-17-38)39-28-29-45-44-22-10-15-27-51(44)56-52(45)35-39)34-49-37(2)40-18-6-11-23-46(40)54(49)32-30-53(31-33-54)47-24-12-7-20-42(47)43-21-8-13-25-48(43)53/h3-29,34-35H,30-33H2,1-2H3/b36-34+. The number of furan rings is 1. The van der Waals surface area contributed by atoms with Crippen LogP contribution in [0.1, 0.15) is 61.8 Å². The molecule has 1 heterocycles. The fourth-order valence-electron chi connectivity index (χ4n) is 10.9. The highest BCUT2D eigenvalue weighted by atomic mass is 16.3. The van der Waals surface area contributed by atoms with Gasteiger partial charge in [-0.2, -0.15) is 0 Å². The number of benzene rings is 7. The van der Waals surface area contributed by atoms with Gasteiger partial charge in [0.15, 0.2) is 0 Å². The summed E-state index contributed by atoms with van der Waals surface area (Å²) in [4.78, 5) is 2.46. The predicted molar refractivity (Wildman–Crippen MR) is 233 cm³/mol. The van der Waals surface area contributed by atoms with Gasteiger partial charge in [-0.3, -0.25) is 0 Å². The molecular formula is C54H43NO. The van der Waals surface area contributed by atoms with Crippen LogP contribution in [-0.2, 0) is 10.8 Å². The topological polar surface area (TPSA) is 16.4 Å². The summed E-state index contributed by atoms with van der Waals surface area (Å²) in [6.07, 6.45) is 6.95. The van der Waals surface area contributed by atoms with Gasteiger partial charge >= 0.3 is 0 Å². The lowest BCUT2D eigenvalue weighted by atomic mass is 9.57. The lowest BCUT2D eigenvalue weighted by Crippen LogP contribution is -2.39. The number of hydrogen-bond donors (Lipinski definition) is 0. The van der Waals surface area contributed by atoms with E-state index >= 15 is 0 Å². The molecular weight excluding hydrogens is 679 g/mol. The summed E-state index contributed by atoms with van der Waals surface area (Å²) in [5.74, 6) is 0. The molecule has 0 aliphatic heterocycles. The normalized spacial score (nSPS) is 16.4. The molecule has 0 saturated heterocycles. The minimum absolute atomic E-state index is 0.0381. The van der Waals surface area contributed by atoms with E-state index in [1.807, 2.05) is 6.07 Å². The van der Waals surface area contributed by atoms with E-state index in [0.29, 0.717) is 0 Å². The van der Waals surface area contributed by atoms with E-state index < -0.39 is 0 Å². The molecule has 270 valence electrons. The van der Waals surface area contributed by atoms with Crippen molar-refractivity contribution in [3.8, 4) is 22.3 Å². The number of nitrogens with zero attached hydrogens (tertiary/aromatic N) is 1. The quantitative estimate of drug-likeness (QED) is 0.176. The molecule has 2 spiro atoms. The highest BCUT2D eigenvalue weighted by Crippen LogP contribution is 2.63. The highest BCUT2D eigenvalue weighted by Gasteiger charge is 2.53. The maximum absolute atomic E-state index is 6.50. The van der Waals surface area contributed by atoms with Gasteiger partial charge in [0.1, 0.15) is 11.2 Å². The second-order valence-electron chi connectivity index (χ2n) is 16.1. The molecule has 1 saturated carbocycles. The summed E-state index contributed by atoms with van der Waals surface area (Å²) in [5.41, 5.74) is 19.2. The van der Waals surface area contributed by atoms with Gasteiger partial charge in [0.05, 0.1) is 5.69 Å². The smallest absolute Gasteiger partial charge is 0.137 e. The third-order valence-corrected chi connectivity index (χ3v) is 13.5. The van der Waals surface area contributed by atoms with Crippen molar-refractivity contribution >= 4 is 38.9 Å². The molecule has 3 aliphatic carbocycles. The minimum atomic E-state index is -0.0764. The minimum Gasteiger partial charge on any atom is -0.456 e. The van der Waals surface area contributed by atoms with E-state index in [1.54, 1.807) is 0 Å². The first-order valence-electron chi connectivity index (χ1n) is 20.1. The molecule has 0 atom stereocenters. The van der Waals surface area contributed by atoms with Crippen molar-refractivity contribution in [1.82, 2.24) is 0 Å². The van der Waals surface area contributed by atoms with E-state index in [-0.39, 0.29) is 10.8 Å². The molecule has 11 rings (SSSR count). The number of hydrogen-bond acceptors (Lipinski definition) is 2. The summed E-state index contributed by atoms with van der Waals surface area (Å²) in [5, 5.41) is 2.28. The Balaban J connectivity index is 1.07. The van der Waals surface area contributed by atoms with Gasteiger partial charge < -0.3 is 9.32 Å². The van der Waals surface area contributed by atoms with Crippen molar-refractivity contribution in [1.29, 1.82) is 0 Å². The molecule has 3 aliphatic rings. The Bertz CT molecular complexity index is 2850. The molecule has 8 aromatic rings. The average Bonchev–Trinajstić information content (AvgIpc) is 3.84. The van der Waals surface area contributed by atoms with Crippen molar-refractivity contribution in [2.45, 2.75) is 50.4 Å². The van der Waals surface area contributed by atoms with E-state index in [2.05, 4.69) is 189 Å². The molecule has 0 N–H and O–H groups in total. The molecule has 0 bridgehead atoms. The van der Waals surface area contributed by atoms with Gasteiger partial charge in [0, 0.05) is 44.6 Å². The predicted octanol–water partition coefficient (Wildman–Crippen LogP) is 14.6. The van der Waals surface area contributed by atoms with Crippen LogP contribution in [0.4, 0.5) is 11.4 Å². The van der Waals surface area contributed by atoms with Gasteiger partial charge in [-0.05, 0) is 120 Å². The van der Waals surface area contributed by atoms with Crippen LogP contribution in [0.15, 0.2) is 192 Å². The monoisotopic (exact) mass is 721 g/mol. The molecule has 1 fully saturated rings. The van der Waals surface area contributed by atoms with Gasteiger partial charge in [-0.15, -0.1) is 0 Å². The van der Waals surface area contributed by atoms with Crippen LogP contribution in [0.2, 0.25) is 0 Å². The number of para-hydroxylation sites is 2. The fourth-order valence-corrected chi connectivity index (χ4v) is 10.9. The van der Waals surface area contributed by atoms with Crippen LogP contribution >= 0.6 is 0 Å². The summed E-state index contributed by atoms with van der Waals surface area (Å²) >= 11 is 0. The van der Waals surface area contributed by atoms with Gasteiger partial charge in [-0.1, -0.05) is 140 Å². The van der Waals surface area contributed by atoms with Crippen molar-refractivity contribution in [3.63, 3.8) is 0 Å². The van der Waals surface area contributed by atoms with Crippen molar-refractivity contribution < 1.29 is 4.42 Å². The zero-order valence-corrected chi connectivity index (χ0v) is 31.9. The third-order valence-electron chi connectivity index (χ3n) is 13.5. The lowest BCUT2D eigenvalue weighted by Gasteiger charge is -2.46. The third kappa shape index (κ3) is 4.75. The lowest BCUT2D eigenvalue weighted by molar-refractivity contribution is 0.263. The Kier molecular flexibility index (Phi) is 7.41. The first-order chi connectivity index (χ1) is 27.6. The zero-order valence-electron chi connectivity index (χ0n) is 31.9. The van der Waals surface area contributed by atoms with Crippen molar-refractivity contribution in [3.05, 3.63) is 209 Å². The number of allylic oxidation sites excluding steroid dienone is 4. The van der Waals surface area contributed by atoms with Crippen LogP contribution in [0.3, 0.4) is 0 Å². The highest BCUT2D eigenvalue weighted by molar-refractivity contribution is 6.06. The zero-order chi connectivity index (χ0) is 37.4. The first-order valence-corrected chi connectivity index (χ1v) is 20.1. The van der Waals surface area contributed by atoms with E-state index in [0.717, 1.165) is 59.0 Å². The molecule has 0 radical (unpaired) electrons. The molecule has 1 aromatic heterocycles. The largest absolute Gasteiger partial charge is 0.456 e. The second-order valence-corrected chi connectivity index (χ2v) is 16.1. The van der Waals surface area contributed by atoms with Crippen molar-refractivity contribution in [2.75, 3.05) is 4.90 Å². The average molecular weight is 722 g/mol. The number of fused-ring (bicyclic) bond motifs is 10. The van der Waals surface area contributed by atoms with Gasteiger partial charge in [-0.25, -0.2) is 0 Å². The Morgan fingerprint density at radius 2 is 1.05 bits per heavy atom. The number of rotatable bonds is 5. The van der Waals surface area contributed by atoms with Crippen molar-refractivity contribution in [2.24, 2.45) is 0 Å². The van der Waals surface area contributed by atoms with Crippen LogP contribution in [-0.4, -0.2) is 0 Å². The second kappa shape index (κ2) is 12.6. The maximum Gasteiger partial charge on any atom is 0.137 e. The van der Waals surface area contributed by atoms with Crippen LogP contribution in [0.25, 0.3) is 49.8 Å². The van der Waals surface area contributed by atoms with Crippen LogP contribution < -0.4 is 4.90 Å². The molecule has 0 amide bonds. The Hall–Kier alpha value is -6.38. The van der Waals surface area contributed by atoms with Crippen LogP contribution in [0, 0.1) is 0 Å². The number of anilines is 2. The summed E-state index contributed by atoms with van der Waals surface area (Å²) in [6, 6.07) is 62.3. The maximum atomic E-state index is 6.50. The van der Waals surface area contributed by atoms with Gasteiger partial charge in [0.2, 0.25) is 0 Å². The first kappa shape index (κ1) is 33.0. The van der Waals surface area contributed by atoms with E-state index in [4.69, 9.17) is 4.42 Å². The summed E-state index contributed by atoms with van der Waals surface area (Å²) in [6.45, 7) is 4.66. The van der Waals surface area contributed by atoms with Gasteiger partial charge in [0.25, 0.3) is 0 Å².